The number of amides is 1. The van der Waals surface area contributed by atoms with Gasteiger partial charge in [0, 0.05) is 32.7 Å². The second-order valence-electron chi connectivity index (χ2n) is 7.55. The molecule has 0 aromatic heterocycles. The van der Waals surface area contributed by atoms with E-state index in [9.17, 15) is 21.6 Å². The molecule has 1 aromatic rings. The molecule has 10 heteroatoms. The Balaban J connectivity index is 1.88. The van der Waals surface area contributed by atoms with Crippen molar-refractivity contribution in [3.05, 3.63) is 29.8 Å². The number of benzene rings is 1. The largest absolute Gasteiger partial charge is 0.268 e. The van der Waals surface area contributed by atoms with Crippen LogP contribution in [-0.4, -0.2) is 81.8 Å². The quantitative estimate of drug-likeness (QED) is 0.647. The lowest BCUT2D eigenvalue weighted by atomic mass is 10.1. The zero-order valence-electron chi connectivity index (χ0n) is 16.2. The van der Waals surface area contributed by atoms with Gasteiger partial charge in [0.1, 0.15) is 0 Å². The molecular weight excluding hydrogens is 402 g/mol. The number of sulfone groups is 1. The lowest BCUT2D eigenvalue weighted by molar-refractivity contribution is 0.000988. The van der Waals surface area contributed by atoms with E-state index in [1.165, 1.54) is 21.4 Å². The van der Waals surface area contributed by atoms with Gasteiger partial charge in [0.2, 0.25) is 10.0 Å². The van der Waals surface area contributed by atoms with E-state index in [-0.39, 0.29) is 22.0 Å². The number of piperidine rings is 1. The van der Waals surface area contributed by atoms with Crippen molar-refractivity contribution in [1.82, 2.24) is 14.3 Å². The third-order valence-corrected chi connectivity index (χ3v) is 8.87. The first-order chi connectivity index (χ1) is 13.1. The first kappa shape index (κ1) is 21.2. The minimum absolute atomic E-state index is 0.0542. The van der Waals surface area contributed by atoms with Crippen molar-refractivity contribution in [3.63, 3.8) is 0 Å². The van der Waals surface area contributed by atoms with Crippen LogP contribution in [-0.2, 0) is 19.9 Å². The Morgan fingerprint density at radius 1 is 1.14 bits per heavy atom. The molecule has 2 aliphatic heterocycles. The highest BCUT2D eigenvalue weighted by molar-refractivity contribution is 7.91. The summed E-state index contributed by atoms with van der Waals surface area (Å²) in [5.41, 5.74) is 0.232. The zero-order valence-corrected chi connectivity index (χ0v) is 17.9. The van der Waals surface area contributed by atoms with E-state index in [4.69, 9.17) is 0 Å². The highest BCUT2D eigenvalue weighted by Crippen LogP contribution is 2.24. The third kappa shape index (κ3) is 4.40. The first-order valence-electron chi connectivity index (χ1n) is 9.43. The van der Waals surface area contributed by atoms with E-state index in [0.29, 0.717) is 19.5 Å². The molecule has 0 bridgehead atoms. The zero-order chi connectivity index (χ0) is 20.5. The number of hydrogen-bond donors (Lipinski definition) is 0. The molecule has 0 radical (unpaired) electrons. The fraction of sp³-hybridized carbons (Fsp3) is 0.611. The Morgan fingerprint density at radius 2 is 1.82 bits per heavy atom. The number of carbonyl (C=O) groups excluding carboxylic acids is 1. The van der Waals surface area contributed by atoms with E-state index < -0.39 is 31.8 Å². The normalized spacial score (nSPS) is 23.0. The van der Waals surface area contributed by atoms with Crippen LogP contribution < -0.4 is 0 Å². The van der Waals surface area contributed by atoms with Gasteiger partial charge in [-0.25, -0.2) is 21.8 Å². The van der Waals surface area contributed by atoms with Crippen LogP contribution in [0.4, 0.5) is 0 Å². The molecular formula is C18H27N3O5S2. The molecule has 0 saturated carbocycles. The maximum atomic E-state index is 13.1. The van der Waals surface area contributed by atoms with Crippen molar-refractivity contribution in [2.45, 2.75) is 36.6 Å². The number of carbonyl (C=O) groups is 1. The van der Waals surface area contributed by atoms with Crippen molar-refractivity contribution in [2.75, 3.05) is 38.7 Å². The second-order valence-corrected chi connectivity index (χ2v) is 11.7. The summed E-state index contributed by atoms with van der Waals surface area (Å²) >= 11 is 0. The van der Waals surface area contributed by atoms with Gasteiger partial charge in [-0.15, -0.1) is 0 Å². The molecule has 3 rings (SSSR count). The Morgan fingerprint density at radius 3 is 2.39 bits per heavy atom. The van der Waals surface area contributed by atoms with E-state index in [1.54, 1.807) is 31.2 Å². The molecule has 28 heavy (non-hydrogen) atoms. The number of nitrogens with zero attached hydrogens (tertiary/aromatic N) is 3. The number of hydrazine groups is 1. The minimum atomic E-state index is -3.65. The SMILES string of the molecule is CN(C)N(C(=O)c1cccc(S(=O)(=O)N2CCCCC2)c1)[C@H]1CCS(=O)(=O)C1. The van der Waals surface area contributed by atoms with Gasteiger partial charge in [-0.2, -0.15) is 4.31 Å². The van der Waals surface area contributed by atoms with E-state index in [2.05, 4.69) is 0 Å². The van der Waals surface area contributed by atoms with Gasteiger partial charge in [-0.1, -0.05) is 12.5 Å². The van der Waals surface area contributed by atoms with Crippen LogP contribution in [0.25, 0.3) is 0 Å². The second kappa shape index (κ2) is 8.10. The van der Waals surface area contributed by atoms with Crippen molar-refractivity contribution in [3.8, 4) is 0 Å². The molecule has 1 amide bonds. The lowest BCUT2D eigenvalue weighted by Crippen LogP contribution is -2.49. The van der Waals surface area contributed by atoms with Crippen molar-refractivity contribution >= 4 is 25.8 Å². The van der Waals surface area contributed by atoms with Gasteiger partial charge in [0.25, 0.3) is 5.91 Å². The van der Waals surface area contributed by atoms with Gasteiger partial charge in [0.05, 0.1) is 22.4 Å². The average molecular weight is 430 g/mol. The summed E-state index contributed by atoms with van der Waals surface area (Å²) in [6.45, 7) is 0.981. The summed E-state index contributed by atoms with van der Waals surface area (Å²) in [4.78, 5) is 13.2. The van der Waals surface area contributed by atoms with Gasteiger partial charge in [-0.05, 0) is 37.5 Å². The van der Waals surface area contributed by atoms with Crippen LogP contribution in [0.3, 0.4) is 0 Å². The Hall–Kier alpha value is -1.49. The molecule has 0 aliphatic carbocycles. The van der Waals surface area contributed by atoms with E-state index in [0.717, 1.165) is 19.3 Å². The predicted molar refractivity (Wildman–Crippen MR) is 106 cm³/mol. The molecule has 0 unspecified atom stereocenters. The summed E-state index contributed by atoms with van der Waals surface area (Å²) < 4.78 is 51.0. The standard InChI is InChI=1S/C18H27N3O5S2/c1-19(2)21(16-9-12-27(23,24)14-16)18(22)15-7-6-8-17(13-15)28(25,26)20-10-4-3-5-11-20/h6-8,13,16H,3-5,9-12,14H2,1-2H3/t16-/m0/s1. The van der Waals surface area contributed by atoms with Crippen molar-refractivity contribution in [1.29, 1.82) is 0 Å². The smallest absolute Gasteiger partial charge is 0.268 e. The molecule has 2 aliphatic rings. The highest BCUT2D eigenvalue weighted by atomic mass is 32.2. The molecule has 156 valence electrons. The molecule has 8 nitrogen and oxygen atoms in total. The van der Waals surface area contributed by atoms with Crippen LogP contribution in [0.5, 0.6) is 0 Å². The number of sulfonamides is 1. The van der Waals surface area contributed by atoms with Crippen molar-refractivity contribution < 1.29 is 21.6 Å². The molecule has 1 aromatic carbocycles. The van der Waals surface area contributed by atoms with E-state index in [1.807, 2.05) is 0 Å². The maximum absolute atomic E-state index is 13.1. The van der Waals surface area contributed by atoms with Crippen molar-refractivity contribution in [2.24, 2.45) is 0 Å². The van der Waals surface area contributed by atoms with Gasteiger partial charge in [0.15, 0.2) is 9.84 Å². The number of rotatable bonds is 5. The Bertz CT molecular complexity index is 938. The predicted octanol–water partition coefficient (Wildman–Crippen LogP) is 0.967. The summed E-state index contributed by atoms with van der Waals surface area (Å²) in [6, 6.07) is 5.57. The minimum Gasteiger partial charge on any atom is -0.268 e. The van der Waals surface area contributed by atoms with E-state index >= 15 is 0 Å². The monoisotopic (exact) mass is 429 g/mol. The molecule has 2 saturated heterocycles. The summed E-state index contributed by atoms with van der Waals surface area (Å²) in [5, 5.41) is 2.98. The van der Waals surface area contributed by atoms with Gasteiger partial charge >= 0.3 is 0 Å². The Labute approximate surface area is 167 Å². The molecule has 2 heterocycles. The average Bonchev–Trinajstić information content (AvgIpc) is 3.01. The van der Waals surface area contributed by atoms with Crippen LogP contribution >= 0.6 is 0 Å². The fourth-order valence-corrected chi connectivity index (χ4v) is 7.07. The third-order valence-electron chi connectivity index (χ3n) is 5.23. The molecule has 0 N–H and O–H groups in total. The van der Waals surface area contributed by atoms with Crippen LogP contribution in [0, 0.1) is 0 Å². The topological polar surface area (TPSA) is 95.1 Å². The van der Waals surface area contributed by atoms with Crippen LogP contribution in [0.2, 0.25) is 0 Å². The van der Waals surface area contributed by atoms with Crippen LogP contribution in [0.1, 0.15) is 36.0 Å². The summed E-state index contributed by atoms with van der Waals surface area (Å²) in [6.07, 6.45) is 3.06. The Kier molecular flexibility index (Phi) is 6.14. The van der Waals surface area contributed by atoms with Gasteiger partial charge in [-0.3, -0.25) is 9.80 Å². The highest BCUT2D eigenvalue weighted by Gasteiger charge is 2.36. The first-order valence-corrected chi connectivity index (χ1v) is 12.7. The van der Waals surface area contributed by atoms with Crippen LogP contribution in [0.15, 0.2) is 29.2 Å². The van der Waals surface area contributed by atoms with Gasteiger partial charge < -0.3 is 0 Å². The molecule has 1 atom stereocenters. The summed E-state index contributed by atoms with van der Waals surface area (Å²) in [7, 11) is -3.45. The number of hydrogen-bond acceptors (Lipinski definition) is 6. The molecule has 2 fully saturated rings. The maximum Gasteiger partial charge on any atom is 0.268 e. The lowest BCUT2D eigenvalue weighted by Gasteiger charge is -2.34. The fourth-order valence-electron chi connectivity index (χ4n) is 3.82. The summed E-state index contributed by atoms with van der Waals surface area (Å²) in [5.74, 6) is -0.427. The molecule has 0 spiro atoms.